The monoisotopic (exact) mass is 540 g/mol. The van der Waals surface area contributed by atoms with E-state index in [9.17, 15) is 19.2 Å². The van der Waals surface area contributed by atoms with Crippen LogP contribution in [0, 0.1) is 28.6 Å². The van der Waals surface area contributed by atoms with E-state index in [1.54, 1.807) is 52.4 Å². The third-order valence-electron chi connectivity index (χ3n) is 9.50. The average Bonchev–Trinajstić information content (AvgIpc) is 3.61. The SMILES string of the molecule is C/C=C(/C)C(=O)O[C@H]1[C@@H](OC(=O)C=C(C)C)C[C@H]2[C@]3(CC[C@@H](C)[C@]24C[C@H](c2ccoc2)OC4=O)COC(=O)[C@H]13. The Hall–Kier alpha value is -3.36. The first kappa shape index (κ1) is 27.2. The van der Waals surface area contributed by atoms with Crippen molar-refractivity contribution in [2.24, 2.45) is 28.6 Å². The standard InChI is InChI=1S/C30H36O9/c1-6-17(4)26(32)39-25-20(37-23(31)11-16(2)3)12-22-29(15-36-27(33)24(25)29)9-7-18(5)30(22)13-21(38-28(30)34)19-8-10-35-14-19/h6,8,10-11,14,18,20-22,24-25H,7,9,12-13,15H2,1-5H3/b17-6-/t18-,20+,21-,22+,24+,25+,29+,30-/m1/s1. The normalized spacial score (nSPS) is 37.4. The van der Waals surface area contributed by atoms with Gasteiger partial charge in [0.05, 0.1) is 24.5 Å². The van der Waals surface area contributed by atoms with E-state index in [1.807, 2.05) is 6.92 Å². The third kappa shape index (κ3) is 4.30. The van der Waals surface area contributed by atoms with Gasteiger partial charge in [0.1, 0.15) is 18.1 Å². The number of rotatable bonds is 5. The molecule has 2 aliphatic carbocycles. The van der Waals surface area contributed by atoms with Crippen LogP contribution in [0.4, 0.5) is 0 Å². The first-order valence-electron chi connectivity index (χ1n) is 13.6. The van der Waals surface area contributed by atoms with Crippen molar-refractivity contribution >= 4 is 23.9 Å². The number of hydrogen-bond acceptors (Lipinski definition) is 9. The van der Waals surface area contributed by atoms with Crippen molar-refractivity contribution in [1.82, 2.24) is 0 Å². The Bertz CT molecular complexity index is 1220. The lowest BCUT2D eigenvalue weighted by atomic mass is 9.43. The van der Waals surface area contributed by atoms with Gasteiger partial charge >= 0.3 is 23.9 Å². The molecule has 1 aromatic rings. The molecule has 0 aromatic carbocycles. The number of carbonyl (C=O) groups excluding carboxylic acids is 4. The van der Waals surface area contributed by atoms with E-state index in [4.69, 9.17) is 23.4 Å². The first-order valence-corrected chi connectivity index (χ1v) is 13.6. The smallest absolute Gasteiger partial charge is 0.333 e. The van der Waals surface area contributed by atoms with Crippen LogP contribution < -0.4 is 0 Å². The molecule has 39 heavy (non-hydrogen) atoms. The predicted octanol–water partition coefficient (Wildman–Crippen LogP) is 4.62. The molecule has 0 N–H and O–H groups in total. The first-order chi connectivity index (χ1) is 18.5. The Balaban J connectivity index is 1.59. The summed E-state index contributed by atoms with van der Waals surface area (Å²) < 4.78 is 28.8. The molecule has 0 bridgehead atoms. The van der Waals surface area contributed by atoms with Crippen molar-refractivity contribution in [3.05, 3.63) is 47.5 Å². The number of allylic oxidation sites excluding steroid dienone is 2. The molecular weight excluding hydrogens is 504 g/mol. The zero-order valence-corrected chi connectivity index (χ0v) is 23.1. The molecule has 0 unspecified atom stereocenters. The fourth-order valence-corrected chi connectivity index (χ4v) is 7.44. The van der Waals surface area contributed by atoms with Gasteiger partial charge in [-0.1, -0.05) is 18.6 Å². The second-order valence-electron chi connectivity index (χ2n) is 11.8. The quantitative estimate of drug-likeness (QED) is 0.299. The molecule has 2 aliphatic heterocycles. The molecular formula is C30H36O9. The maximum Gasteiger partial charge on any atom is 0.333 e. The van der Waals surface area contributed by atoms with Crippen molar-refractivity contribution in [3.8, 4) is 0 Å². The van der Waals surface area contributed by atoms with Crippen LogP contribution in [0.2, 0.25) is 0 Å². The molecule has 210 valence electrons. The summed E-state index contributed by atoms with van der Waals surface area (Å²) in [5, 5.41) is 0. The largest absolute Gasteiger partial charge is 0.472 e. The zero-order valence-electron chi connectivity index (χ0n) is 23.1. The summed E-state index contributed by atoms with van der Waals surface area (Å²) in [6.45, 7) is 9.06. The van der Waals surface area contributed by atoms with Crippen molar-refractivity contribution in [2.45, 2.75) is 78.6 Å². The van der Waals surface area contributed by atoms with Crippen LogP contribution in [0.3, 0.4) is 0 Å². The lowest BCUT2D eigenvalue weighted by Gasteiger charge is -2.58. The van der Waals surface area contributed by atoms with Crippen molar-refractivity contribution in [2.75, 3.05) is 6.61 Å². The van der Waals surface area contributed by atoms with Crippen LogP contribution in [0.15, 0.2) is 46.3 Å². The highest BCUT2D eigenvalue weighted by atomic mass is 16.6. The Morgan fingerprint density at radius 2 is 1.92 bits per heavy atom. The Morgan fingerprint density at radius 1 is 1.15 bits per heavy atom. The van der Waals surface area contributed by atoms with Gasteiger partial charge in [-0.15, -0.1) is 0 Å². The van der Waals surface area contributed by atoms with Crippen molar-refractivity contribution in [3.63, 3.8) is 0 Å². The predicted molar refractivity (Wildman–Crippen MR) is 137 cm³/mol. The molecule has 4 fully saturated rings. The highest BCUT2D eigenvalue weighted by Crippen LogP contribution is 2.68. The van der Waals surface area contributed by atoms with E-state index in [-0.39, 0.29) is 24.9 Å². The summed E-state index contributed by atoms with van der Waals surface area (Å²) in [5.41, 5.74) is 0.208. The van der Waals surface area contributed by atoms with Gasteiger partial charge in [-0.3, -0.25) is 9.59 Å². The number of carbonyl (C=O) groups is 4. The number of fused-ring (bicyclic) bond motifs is 1. The molecule has 0 amide bonds. The third-order valence-corrected chi connectivity index (χ3v) is 9.50. The lowest BCUT2D eigenvalue weighted by Crippen LogP contribution is -2.64. The lowest BCUT2D eigenvalue weighted by molar-refractivity contribution is -0.210. The summed E-state index contributed by atoms with van der Waals surface area (Å²) in [4.78, 5) is 53.1. The highest BCUT2D eigenvalue weighted by Gasteiger charge is 2.74. The van der Waals surface area contributed by atoms with Gasteiger partial charge < -0.3 is 23.4 Å². The Morgan fingerprint density at radius 3 is 2.59 bits per heavy atom. The number of cyclic esters (lactones) is 2. The van der Waals surface area contributed by atoms with E-state index in [1.165, 1.54) is 6.08 Å². The molecule has 2 saturated carbocycles. The number of ether oxygens (including phenoxy) is 4. The summed E-state index contributed by atoms with van der Waals surface area (Å²) in [6, 6.07) is 1.79. The van der Waals surface area contributed by atoms with E-state index < -0.39 is 58.9 Å². The van der Waals surface area contributed by atoms with E-state index in [0.717, 1.165) is 11.1 Å². The van der Waals surface area contributed by atoms with Crippen LogP contribution >= 0.6 is 0 Å². The molecule has 5 rings (SSSR count). The van der Waals surface area contributed by atoms with E-state index in [2.05, 4.69) is 0 Å². The maximum atomic E-state index is 13.9. The minimum atomic E-state index is -1.04. The molecule has 2 saturated heterocycles. The van der Waals surface area contributed by atoms with Crippen LogP contribution in [-0.4, -0.2) is 42.7 Å². The van der Waals surface area contributed by atoms with Gasteiger partial charge in [-0.25, -0.2) is 9.59 Å². The van der Waals surface area contributed by atoms with Gasteiger partial charge in [-0.05, 0) is 64.9 Å². The van der Waals surface area contributed by atoms with Crippen LogP contribution in [0.5, 0.6) is 0 Å². The van der Waals surface area contributed by atoms with Crippen LogP contribution in [0.25, 0.3) is 0 Å². The van der Waals surface area contributed by atoms with E-state index in [0.29, 0.717) is 24.8 Å². The minimum absolute atomic E-state index is 0.0487. The second-order valence-corrected chi connectivity index (χ2v) is 11.8. The van der Waals surface area contributed by atoms with Crippen LogP contribution in [0.1, 0.15) is 72.0 Å². The molecule has 1 aromatic heterocycles. The Labute approximate surface area is 227 Å². The zero-order chi connectivity index (χ0) is 28.1. The van der Waals surface area contributed by atoms with Gasteiger partial charge in [0.15, 0.2) is 6.10 Å². The summed E-state index contributed by atoms with van der Waals surface area (Å²) in [7, 11) is 0. The Kier molecular flexibility index (Phi) is 6.97. The topological polar surface area (TPSA) is 118 Å². The molecule has 4 aliphatic rings. The molecule has 9 nitrogen and oxygen atoms in total. The van der Waals surface area contributed by atoms with Gasteiger partial charge in [-0.2, -0.15) is 0 Å². The molecule has 8 atom stereocenters. The summed E-state index contributed by atoms with van der Waals surface area (Å²) in [5.74, 6) is -3.31. The minimum Gasteiger partial charge on any atom is -0.472 e. The van der Waals surface area contributed by atoms with E-state index >= 15 is 0 Å². The number of furan rings is 1. The molecule has 3 heterocycles. The summed E-state index contributed by atoms with van der Waals surface area (Å²) in [6.07, 6.45) is 5.59. The van der Waals surface area contributed by atoms with Crippen molar-refractivity contribution in [1.29, 1.82) is 0 Å². The summed E-state index contributed by atoms with van der Waals surface area (Å²) >= 11 is 0. The second kappa shape index (κ2) is 9.99. The molecule has 0 radical (unpaired) electrons. The van der Waals surface area contributed by atoms with Crippen LogP contribution in [-0.2, 0) is 38.1 Å². The van der Waals surface area contributed by atoms with Gasteiger partial charge in [0, 0.05) is 29.0 Å². The molecule has 9 heteroatoms. The number of hydrogen-bond donors (Lipinski definition) is 0. The fourth-order valence-electron chi connectivity index (χ4n) is 7.44. The average molecular weight is 541 g/mol. The highest BCUT2D eigenvalue weighted by molar-refractivity contribution is 5.89. The fraction of sp³-hybridized carbons (Fsp3) is 0.600. The molecule has 2 spiro atoms. The van der Waals surface area contributed by atoms with Gasteiger partial charge in [0.25, 0.3) is 0 Å². The van der Waals surface area contributed by atoms with Crippen molar-refractivity contribution < 1.29 is 42.5 Å². The number of esters is 4. The maximum absolute atomic E-state index is 13.9. The van der Waals surface area contributed by atoms with Gasteiger partial charge in [0.2, 0.25) is 0 Å².